The van der Waals surface area contributed by atoms with Crippen LogP contribution in [0.3, 0.4) is 0 Å². The molecule has 0 atom stereocenters. The number of aromatic amines is 1. The second-order valence-electron chi connectivity index (χ2n) is 13.9. The molecule has 47 heavy (non-hydrogen) atoms. The zero-order valence-electron chi connectivity index (χ0n) is 28.6. The molecular formula is C38H51N7O2. The minimum absolute atomic E-state index is 0.139. The predicted molar refractivity (Wildman–Crippen MR) is 190 cm³/mol. The van der Waals surface area contributed by atoms with E-state index in [4.69, 9.17) is 10.1 Å². The number of nitrogens with one attached hydrogen (secondary N) is 2. The van der Waals surface area contributed by atoms with Gasteiger partial charge in [0.15, 0.2) is 0 Å². The summed E-state index contributed by atoms with van der Waals surface area (Å²) in [6.07, 6.45) is 13.1. The first kappa shape index (κ1) is 32.9. The molecule has 2 N–H and O–H groups in total. The van der Waals surface area contributed by atoms with Gasteiger partial charge in [-0.15, -0.1) is 0 Å². The molecule has 1 aromatic carbocycles. The number of rotatable bonds is 11. The van der Waals surface area contributed by atoms with Crippen LogP contribution in [0, 0.1) is 12.8 Å². The maximum absolute atomic E-state index is 13.9. The Balaban J connectivity index is 1.28. The van der Waals surface area contributed by atoms with E-state index in [0.29, 0.717) is 17.2 Å². The number of fused-ring (bicyclic) bond motifs is 1. The van der Waals surface area contributed by atoms with Crippen molar-refractivity contribution in [1.82, 2.24) is 30.0 Å². The van der Waals surface area contributed by atoms with E-state index >= 15 is 0 Å². The van der Waals surface area contributed by atoms with Crippen molar-refractivity contribution < 1.29 is 4.79 Å². The molecule has 3 aromatic heterocycles. The Morgan fingerprint density at radius 3 is 2.51 bits per heavy atom. The van der Waals surface area contributed by atoms with Gasteiger partial charge >= 0.3 is 0 Å². The number of pyridine rings is 2. The van der Waals surface area contributed by atoms with Crippen molar-refractivity contribution in [2.75, 3.05) is 31.1 Å². The molecule has 0 spiro atoms. The molecule has 1 aliphatic heterocycles. The zero-order valence-corrected chi connectivity index (χ0v) is 28.6. The Morgan fingerprint density at radius 2 is 1.81 bits per heavy atom. The maximum Gasteiger partial charge on any atom is 0.253 e. The number of anilines is 1. The fourth-order valence-electron chi connectivity index (χ4n) is 7.44. The van der Waals surface area contributed by atoms with E-state index in [9.17, 15) is 9.59 Å². The lowest BCUT2D eigenvalue weighted by atomic mass is 9.87. The van der Waals surface area contributed by atoms with Crippen LogP contribution in [0.4, 0.5) is 5.82 Å². The third-order valence-electron chi connectivity index (χ3n) is 10.2. The maximum atomic E-state index is 13.9. The van der Waals surface area contributed by atoms with Crippen molar-refractivity contribution >= 4 is 22.6 Å². The third-order valence-corrected chi connectivity index (χ3v) is 10.2. The van der Waals surface area contributed by atoms with Crippen LogP contribution in [0.25, 0.3) is 22.0 Å². The number of aromatic nitrogens is 4. The summed E-state index contributed by atoms with van der Waals surface area (Å²) in [6, 6.07) is 10.9. The highest BCUT2D eigenvalue weighted by atomic mass is 16.1. The van der Waals surface area contributed by atoms with Gasteiger partial charge in [0.05, 0.1) is 17.3 Å². The number of carbonyl (C=O) groups is 1. The van der Waals surface area contributed by atoms with Gasteiger partial charge in [0.2, 0.25) is 0 Å². The summed E-state index contributed by atoms with van der Waals surface area (Å²) in [5.41, 5.74) is 5.72. The molecule has 9 nitrogen and oxygen atoms in total. The van der Waals surface area contributed by atoms with Crippen molar-refractivity contribution in [1.29, 1.82) is 0 Å². The predicted octanol–water partition coefficient (Wildman–Crippen LogP) is 6.48. The number of carbonyl (C=O) groups excluding carboxylic acids is 1. The van der Waals surface area contributed by atoms with Gasteiger partial charge in [-0.25, -0.2) is 4.98 Å². The van der Waals surface area contributed by atoms with E-state index in [1.165, 1.54) is 32.1 Å². The molecule has 2 aliphatic rings. The monoisotopic (exact) mass is 637 g/mol. The summed E-state index contributed by atoms with van der Waals surface area (Å²) in [6.45, 7) is 13.5. The first-order valence-electron chi connectivity index (χ1n) is 17.8. The summed E-state index contributed by atoms with van der Waals surface area (Å²) in [4.78, 5) is 39.5. The molecule has 0 bridgehead atoms. The third kappa shape index (κ3) is 7.61. The molecule has 250 valence electrons. The Hall–Kier alpha value is -3.98. The van der Waals surface area contributed by atoms with Crippen LogP contribution in [0.5, 0.6) is 0 Å². The fraction of sp³-hybridized carbons (Fsp3) is 0.526. The number of amides is 1. The van der Waals surface area contributed by atoms with Crippen molar-refractivity contribution in [3.63, 3.8) is 0 Å². The smallest absolute Gasteiger partial charge is 0.253 e. The van der Waals surface area contributed by atoms with Gasteiger partial charge in [-0.05, 0) is 81.0 Å². The van der Waals surface area contributed by atoms with Gasteiger partial charge < -0.3 is 15.2 Å². The van der Waals surface area contributed by atoms with Crippen LogP contribution in [-0.2, 0) is 19.5 Å². The molecule has 1 saturated heterocycles. The highest BCUT2D eigenvalue weighted by molar-refractivity contribution is 6.08. The van der Waals surface area contributed by atoms with Crippen LogP contribution >= 0.6 is 0 Å². The number of benzene rings is 1. The minimum Gasteiger partial charge on any atom is -0.354 e. The van der Waals surface area contributed by atoms with Crippen molar-refractivity contribution in [2.45, 2.75) is 98.2 Å². The molecule has 1 saturated carbocycles. The van der Waals surface area contributed by atoms with Crippen molar-refractivity contribution in [3.05, 3.63) is 75.5 Å². The Labute approximate surface area is 278 Å². The lowest BCUT2D eigenvalue weighted by Gasteiger charge is -2.37. The molecular weight excluding hydrogens is 586 g/mol. The quantitative estimate of drug-likeness (QED) is 0.195. The Kier molecular flexibility index (Phi) is 10.4. The second kappa shape index (κ2) is 14.8. The average molecular weight is 638 g/mol. The van der Waals surface area contributed by atoms with Gasteiger partial charge in [0, 0.05) is 73.7 Å². The Bertz CT molecular complexity index is 1730. The molecule has 0 unspecified atom stereocenters. The van der Waals surface area contributed by atoms with E-state index in [2.05, 4.69) is 63.8 Å². The van der Waals surface area contributed by atoms with Gasteiger partial charge in [-0.1, -0.05) is 45.4 Å². The second-order valence-corrected chi connectivity index (χ2v) is 13.9. The first-order valence-corrected chi connectivity index (χ1v) is 17.8. The highest BCUT2D eigenvalue weighted by Gasteiger charge is 2.22. The topological polar surface area (TPSA) is 99.2 Å². The number of hydrogen-bond donors (Lipinski definition) is 2. The number of nitrogens with zero attached hydrogens (tertiary/aromatic N) is 5. The van der Waals surface area contributed by atoms with Gasteiger partial charge in [0.1, 0.15) is 5.82 Å². The normalized spacial score (nSPS) is 16.3. The minimum atomic E-state index is -0.210. The summed E-state index contributed by atoms with van der Waals surface area (Å²) in [5, 5.41) is 8.69. The van der Waals surface area contributed by atoms with Crippen LogP contribution in [-0.4, -0.2) is 62.8 Å². The summed E-state index contributed by atoms with van der Waals surface area (Å²) in [7, 11) is 0. The molecule has 1 aliphatic carbocycles. The average Bonchev–Trinajstić information content (AvgIpc) is 3.50. The number of aryl methyl sites for hydroxylation is 3. The molecule has 6 rings (SSSR count). The number of piperazine rings is 1. The van der Waals surface area contributed by atoms with Crippen LogP contribution < -0.4 is 15.8 Å². The van der Waals surface area contributed by atoms with E-state index in [0.717, 1.165) is 97.0 Å². The lowest BCUT2D eigenvalue weighted by Crippen LogP contribution is -2.49. The van der Waals surface area contributed by atoms with Gasteiger partial charge in [-0.3, -0.25) is 19.2 Å². The molecule has 1 amide bonds. The molecule has 9 heteroatoms. The molecule has 4 heterocycles. The first-order chi connectivity index (χ1) is 22.8. The Morgan fingerprint density at radius 1 is 1.02 bits per heavy atom. The van der Waals surface area contributed by atoms with Gasteiger partial charge in [0.25, 0.3) is 11.5 Å². The summed E-state index contributed by atoms with van der Waals surface area (Å²) in [5.74, 6) is 1.51. The van der Waals surface area contributed by atoms with E-state index in [1.54, 1.807) is 0 Å². The number of hydrogen-bond acceptors (Lipinski definition) is 6. The number of H-pyrrole nitrogens is 1. The van der Waals surface area contributed by atoms with E-state index < -0.39 is 0 Å². The largest absolute Gasteiger partial charge is 0.354 e. The molecule has 4 aromatic rings. The SMILES string of the molecule is CCCc1cc(C)[nH]c(=O)c1CNC(=O)c1cc(-c2ccc(N3CCN(C(C)C)CC3)nc2)cc2c1cnn2CCC1CCCCC1. The molecule has 2 fully saturated rings. The van der Waals surface area contributed by atoms with Gasteiger partial charge in [-0.2, -0.15) is 5.10 Å². The molecule has 0 radical (unpaired) electrons. The van der Waals surface area contributed by atoms with Crippen LogP contribution in [0.2, 0.25) is 0 Å². The lowest BCUT2D eigenvalue weighted by molar-refractivity contribution is 0.0952. The summed E-state index contributed by atoms with van der Waals surface area (Å²) < 4.78 is 2.07. The standard InChI is InChI=1S/C38H51N7O2/c1-5-9-29-20-27(4)42-38(47)33(29)24-40-37(46)32-21-31(22-35-34(32)25-41-45(35)15-14-28-10-7-6-8-11-28)30-12-13-36(39-23-30)44-18-16-43(17-19-44)26(2)3/h12-13,20-23,25-26,28H,5-11,14-19,24H2,1-4H3,(H,40,46)(H,42,47). The van der Waals surface area contributed by atoms with E-state index in [1.807, 2.05) is 31.5 Å². The fourth-order valence-corrected chi connectivity index (χ4v) is 7.44. The van der Waals surface area contributed by atoms with Crippen LogP contribution in [0.1, 0.15) is 92.9 Å². The highest BCUT2D eigenvalue weighted by Crippen LogP contribution is 2.31. The summed E-state index contributed by atoms with van der Waals surface area (Å²) >= 11 is 0. The zero-order chi connectivity index (χ0) is 32.9. The van der Waals surface area contributed by atoms with E-state index in [-0.39, 0.29) is 18.0 Å². The van der Waals surface area contributed by atoms with Crippen molar-refractivity contribution in [3.8, 4) is 11.1 Å². The van der Waals surface area contributed by atoms with Crippen molar-refractivity contribution in [2.24, 2.45) is 5.92 Å². The van der Waals surface area contributed by atoms with Crippen LogP contribution in [0.15, 0.2) is 47.5 Å².